The summed E-state index contributed by atoms with van der Waals surface area (Å²) in [6.45, 7) is 4.52. The average molecular weight is 321 g/mol. The normalized spacial score (nSPS) is 21.7. The monoisotopic (exact) mass is 321 g/mol. The number of ether oxygens (including phenoxy) is 1. The highest BCUT2D eigenvalue weighted by molar-refractivity contribution is 5.27. The van der Waals surface area contributed by atoms with Gasteiger partial charge in [-0.15, -0.1) is 0 Å². The maximum absolute atomic E-state index is 9.72. The molecule has 130 valence electrons. The molecular formula is C19H31NO3. The van der Waals surface area contributed by atoms with Gasteiger partial charge in [0.15, 0.2) is 0 Å². The Hall–Kier alpha value is -1.10. The van der Waals surface area contributed by atoms with Crippen LogP contribution in [0.3, 0.4) is 0 Å². The van der Waals surface area contributed by atoms with E-state index in [2.05, 4.69) is 24.0 Å². The Bertz CT molecular complexity index is 435. The smallest absolute Gasteiger partial charge is 0.119 e. The third kappa shape index (κ3) is 6.13. The fourth-order valence-corrected chi connectivity index (χ4v) is 3.16. The zero-order valence-electron chi connectivity index (χ0n) is 14.3. The lowest BCUT2D eigenvalue weighted by atomic mass is 10.1. The molecule has 23 heavy (non-hydrogen) atoms. The van der Waals surface area contributed by atoms with Gasteiger partial charge in [0.2, 0.25) is 0 Å². The van der Waals surface area contributed by atoms with E-state index < -0.39 is 0 Å². The van der Waals surface area contributed by atoms with Gasteiger partial charge in [-0.25, -0.2) is 0 Å². The minimum atomic E-state index is -0.317. The van der Waals surface area contributed by atoms with Crippen LogP contribution in [-0.4, -0.2) is 47.0 Å². The van der Waals surface area contributed by atoms with Crippen molar-refractivity contribution in [3.63, 3.8) is 0 Å². The van der Waals surface area contributed by atoms with E-state index in [9.17, 15) is 10.2 Å². The van der Waals surface area contributed by atoms with E-state index >= 15 is 0 Å². The van der Waals surface area contributed by atoms with Gasteiger partial charge in [0, 0.05) is 19.1 Å². The van der Waals surface area contributed by atoms with Crippen molar-refractivity contribution in [2.24, 2.45) is 0 Å². The van der Waals surface area contributed by atoms with E-state index in [-0.39, 0.29) is 18.8 Å². The molecule has 4 nitrogen and oxygen atoms in total. The van der Waals surface area contributed by atoms with Crippen molar-refractivity contribution in [1.29, 1.82) is 0 Å². The van der Waals surface area contributed by atoms with Crippen molar-refractivity contribution in [3.8, 4) is 5.75 Å². The topological polar surface area (TPSA) is 52.9 Å². The van der Waals surface area contributed by atoms with E-state index in [1.165, 1.54) is 31.2 Å². The number of hydrogen-bond acceptors (Lipinski definition) is 4. The second-order valence-electron chi connectivity index (χ2n) is 6.56. The van der Waals surface area contributed by atoms with E-state index in [1.807, 2.05) is 12.1 Å². The van der Waals surface area contributed by atoms with Gasteiger partial charge in [-0.2, -0.15) is 0 Å². The van der Waals surface area contributed by atoms with Crippen LogP contribution >= 0.6 is 0 Å². The lowest BCUT2D eigenvalue weighted by molar-refractivity contribution is 0.150. The van der Waals surface area contributed by atoms with Crippen molar-refractivity contribution in [2.45, 2.75) is 64.1 Å². The van der Waals surface area contributed by atoms with Crippen molar-refractivity contribution in [2.75, 3.05) is 19.8 Å². The van der Waals surface area contributed by atoms with Gasteiger partial charge >= 0.3 is 0 Å². The molecule has 0 amide bonds. The second-order valence-corrected chi connectivity index (χ2v) is 6.56. The van der Waals surface area contributed by atoms with Gasteiger partial charge in [0.05, 0.1) is 19.3 Å². The first-order valence-electron chi connectivity index (χ1n) is 8.97. The number of likely N-dealkylation sites (tertiary alicyclic amines) is 1. The molecule has 2 atom stereocenters. The molecule has 2 rings (SSSR count). The van der Waals surface area contributed by atoms with Gasteiger partial charge in [0.1, 0.15) is 5.75 Å². The van der Waals surface area contributed by atoms with E-state index in [1.54, 1.807) is 0 Å². The largest absolute Gasteiger partial charge is 0.494 e. The standard InChI is InChI=1S/C19H31NO3/c1-2-3-4-5-6-11-23-19-9-7-16(8-10-19)13-20-14-18(22)12-17(20)15-21/h7-10,17-18,21-22H,2-6,11-15H2,1H3/t17-,18+/m0/s1. The molecule has 1 fully saturated rings. The first-order valence-corrected chi connectivity index (χ1v) is 8.97. The van der Waals surface area contributed by atoms with Crippen molar-refractivity contribution < 1.29 is 14.9 Å². The fraction of sp³-hybridized carbons (Fsp3) is 0.684. The summed E-state index contributed by atoms with van der Waals surface area (Å²) in [6, 6.07) is 8.25. The van der Waals surface area contributed by atoms with Crippen LogP contribution in [-0.2, 0) is 6.54 Å². The third-order valence-corrected chi connectivity index (χ3v) is 4.54. The summed E-state index contributed by atoms with van der Waals surface area (Å²) in [7, 11) is 0. The number of hydrogen-bond donors (Lipinski definition) is 2. The summed E-state index contributed by atoms with van der Waals surface area (Å²) < 4.78 is 5.78. The first-order chi connectivity index (χ1) is 11.2. The van der Waals surface area contributed by atoms with Gasteiger partial charge in [0.25, 0.3) is 0 Å². The number of β-amino-alcohol motifs (C(OH)–C–C–N with tert-alkyl or cyclic N) is 1. The van der Waals surface area contributed by atoms with Crippen molar-refractivity contribution in [1.82, 2.24) is 4.90 Å². The lowest BCUT2D eigenvalue weighted by Gasteiger charge is -2.22. The van der Waals surface area contributed by atoms with Crippen LogP contribution in [0.1, 0.15) is 51.0 Å². The molecule has 0 aliphatic carbocycles. The third-order valence-electron chi connectivity index (χ3n) is 4.54. The van der Waals surface area contributed by atoms with Crippen molar-refractivity contribution in [3.05, 3.63) is 29.8 Å². The number of aliphatic hydroxyl groups excluding tert-OH is 2. The second kappa shape index (κ2) is 9.91. The zero-order valence-corrected chi connectivity index (χ0v) is 14.3. The highest BCUT2D eigenvalue weighted by Crippen LogP contribution is 2.21. The molecule has 1 heterocycles. The van der Waals surface area contributed by atoms with Crippen LogP contribution < -0.4 is 4.74 Å². The van der Waals surface area contributed by atoms with Crippen LogP contribution in [0.15, 0.2) is 24.3 Å². The van der Waals surface area contributed by atoms with Crippen LogP contribution in [0.4, 0.5) is 0 Å². The summed E-state index contributed by atoms with van der Waals surface area (Å²) in [5, 5.41) is 19.1. The Morgan fingerprint density at radius 2 is 1.87 bits per heavy atom. The maximum atomic E-state index is 9.72. The quantitative estimate of drug-likeness (QED) is 0.651. The molecule has 0 bridgehead atoms. The number of aliphatic hydroxyl groups is 2. The molecule has 1 aliphatic rings. The van der Waals surface area contributed by atoms with Crippen LogP contribution in [0.25, 0.3) is 0 Å². The average Bonchev–Trinajstić information content (AvgIpc) is 2.92. The van der Waals surface area contributed by atoms with Crippen LogP contribution in [0.5, 0.6) is 5.75 Å². The fourth-order valence-electron chi connectivity index (χ4n) is 3.16. The number of benzene rings is 1. The number of nitrogens with zero attached hydrogens (tertiary/aromatic N) is 1. The molecule has 4 heteroatoms. The maximum Gasteiger partial charge on any atom is 0.119 e. The Kier molecular flexibility index (Phi) is 7.86. The van der Waals surface area contributed by atoms with Crippen molar-refractivity contribution >= 4 is 0 Å². The van der Waals surface area contributed by atoms with Crippen LogP contribution in [0, 0.1) is 0 Å². The summed E-state index contributed by atoms with van der Waals surface area (Å²) in [5.74, 6) is 0.921. The van der Waals surface area contributed by atoms with E-state index in [4.69, 9.17) is 4.74 Å². The molecule has 1 aromatic carbocycles. The first kappa shape index (κ1) is 18.2. The molecule has 0 aromatic heterocycles. The lowest BCUT2D eigenvalue weighted by Crippen LogP contribution is -2.31. The van der Waals surface area contributed by atoms with Gasteiger partial charge in [-0.3, -0.25) is 4.90 Å². The Balaban J connectivity index is 1.72. The molecule has 2 N–H and O–H groups in total. The van der Waals surface area contributed by atoms with Gasteiger partial charge in [-0.05, 0) is 30.5 Å². The molecule has 0 unspecified atom stereocenters. The SMILES string of the molecule is CCCCCCCOc1ccc(CN2C[C@H](O)C[C@H]2CO)cc1. The van der Waals surface area contributed by atoms with Gasteiger partial charge in [-0.1, -0.05) is 44.7 Å². The molecule has 0 spiro atoms. The molecule has 0 saturated carbocycles. The van der Waals surface area contributed by atoms with Crippen LogP contribution in [0.2, 0.25) is 0 Å². The predicted octanol–water partition coefficient (Wildman–Crippen LogP) is 2.96. The molecule has 1 aromatic rings. The summed E-state index contributed by atoms with van der Waals surface area (Å²) in [4.78, 5) is 2.15. The highest BCUT2D eigenvalue weighted by atomic mass is 16.5. The molecule has 1 saturated heterocycles. The number of unbranched alkanes of at least 4 members (excludes halogenated alkanes) is 4. The van der Waals surface area contributed by atoms with E-state index in [0.29, 0.717) is 13.0 Å². The Labute approximate surface area is 140 Å². The zero-order chi connectivity index (χ0) is 16.5. The minimum Gasteiger partial charge on any atom is -0.494 e. The summed E-state index contributed by atoms with van der Waals surface area (Å²) >= 11 is 0. The highest BCUT2D eigenvalue weighted by Gasteiger charge is 2.29. The predicted molar refractivity (Wildman–Crippen MR) is 92.6 cm³/mol. The van der Waals surface area contributed by atoms with E-state index in [0.717, 1.165) is 25.3 Å². The Morgan fingerprint density at radius 3 is 2.57 bits per heavy atom. The molecule has 0 radical (unpaired) electrons. The number of rotatable bonds is 10. The molecular weight excluding hydrogens is 290 g/mol. The summed E-state index contributed by atoms with van der Waals surface area (Å²) in [6.07, 6.45) is 6.59. The minimum absolute atomic E-state index is 0.0732. The van der Waals surface area contributed by atoms with Gasteiger partial charge < -0.3 is 14.9 Å². The molecule has 1 aliphatic heterocycles. The summed E-state index contributed by atoms with van der Waals surface area (Å²) in [5.41, 5.74) is 1.19. The Morgan fingerprint density at radius 1 is 1.13 bits per heavy atom.